The average molecular weight is 290 g/mol. The first-order chi connectivity index (χ1) is 10.1. The van der Waals surface area contributed by atoms with Crippen LogP contribution in [0.2, 0.25) is 0 Å². The smallest absolute Gasteiger partial charge is 0.238 e. The van der Waals surface area contributed by atoms with Gasteiger partial charge in [0, 0.05) is 6.04 Å². The van der Waals surface area contributed by atoms with Gasteiger partial charge in [0.1, 0.15) is 5.75 Å². The van der Waals surface area contributed by atoms with Crippen molar-refractivity contribution < 1.29 is 9.53 Å². The van der Waals surface area contributed by atoms with E-state index < -0.39 is 0 Å². The molecular formula is C17H26N2O2. The van der Waals surface area contributed by atoms with Gasteiger partial charge >= 0.3 is 0 Å². The summed E-state index contributed by atoms with van der Waals surface area (Å²) in [5.74, 6) is 1.18. The molecule has 0 aromatic heterocycles. The van der Waals surface area contributed by atoms with Crippen molar-refractivity contribution in [3.63, 3.8) is 0 Å². The summed E-state index contributed by atoms with van der Waals surface area (Å²) >= 11 is 0. The van der Waals surface area contributed by atoms with Crippen molar-refractivity contribution >= 4 is 11.6 Å². The molecule has 4 heteroatoms. The molecule has 0 atom stereocenters. The van der Waals surface area contributed by atoms with E-state index in [4.69, 9.17) is 4.74 Å². The molecule has 2 rings (SSSR count). The molecule has 21 heavy (non-hydrogen) atoms. The van der Waals surface area contributed by atoms with E-state index in [1.807, 2.05) is 24.3 Å². The third-order valence-corrected chi connectivity index (χ3v) is 3.64. The highest BCUT2D eigenvalue weighted by Gasteiger charge is 2.15. The summed E-state index contributed by atoms with van der Waals surface area (Å²) in [6, 6.07) is 8.10. The maximum atomic E-state index is 12.0. The van der Waals surface area contributed by atoms with Gasteiger partial charge in [-0.3, -0.25) is 4.79 Å². The second-order valence-corrected chi connectivity index (χ2v) is 6.11. The molecule has 0 aliphatic heterocycles. The van der Waals surface area contributed by atoms with E-state index in [-0.39, 0.29) is 5.91 Å². The van der Waals surface area contributed by atoms with Crippen molar-refractivity contribution in [2.75, 3.05) is 18.5 Å². The van der Waals surface area contributed by atoms with Gasteiger partial charge in [0.25, 0.3) is 0 Å². The van der Waals surface area contributed by atoms with E-state index >= 15 is 0 Å². The zero-order valence-corrected chi connectivity index (χ0v) is 13.0. The van der Waals surface area contributed by atoms with E-state index in [0.717, 1.165) is 11.4 Å². The van der Waals surface area contributed by atoms with Crippen LogP contribution in [0.5, 0.6) is 5.75 Å². The van der Waals surface area contributed by atoms with Gasteiger partial charge in [0.15, 0.2) is 0 Å². The number of hydrogen-bond acceptors (Lipinski definition) is 3. The number of carbonyl (C=O) groups is 1. The van der Waals surface area contributed by atoms with Crippen LogP contribution in [-0.4, -0.2) is 25.1 Å². The minimum atomic E-state index is -0.0116. The minimum Gasteiger partial charge on any atom is -0.491 e. The van der Waals surface area contributed by atoms with Crippen molar-refractivity contribution in [3.05, 3.63) is 24.3 Å². The lowest BCUT2D eigenvalue weighted by Gasteiger charge is -2.15. The number of hydrogen-bond donors (Lipinski definition) is 2. The lowest BCUT2D eigenvalue weighted by Crippen LogP contribution is -2.34. The SMILES string of the molecule is CC(C)COc1ccccc1NC(=O)CNC1CCCC1. The Hall–Kier alpha value is -1.55. The molecular weight excluding hydrogens is 264 g/mol. The van der Waals surface area contributed by atoms with Crippen LogP contribution >= 0.6 is 0 Å². The van der Waals surface area contributed by atoms with Crippen LogP contribution in [-0.2, 0) is 4.79 Å². The van der Waals surface area contributed by atoms with Crippen molar-refractivity contribution in [2.45, 2.75) is 45.6 Å². The molecule has 1 saturated carbocycles. The van der Waals surface area contributed by atoms with Crippen LogP contribution in [0, 0.1) is 5.92 Å². The summed E-state index contributed by atoms with van der Waals surface area (Å²) in [5.41, 5.74) is 0.747. The van der Waals surface area contributed by atoms with Gasteiger partial charge in [0.05, 0.1) is 18.8 Å². The van der Waals surface area contributed by atoms with Gasteiger partial charge in [-0.25, -0.2) is 0 Å². The molecule has 0 spiro atoms. The Labute approximate surface area is 127 Å². The first kappa shape index (κ1) is 15.8. The van der Waals surface area contributed by atoms with Gasteiger partial charge in [-0.15, -0.1) is 0 Å². The van der Waals surface area contributed by atoms with Gasteiger partial charge in [-0.05, 0) is 30.9 Å². The van der Waals surface area contributed by atoms with E-state index in [2.05, 4.69) is 24.5 Å². The molecule has 2 N–H and O–H groups in total. The van der Waals surface area contributed by atoms with Crippen LogP contribution in [0.1, 0.15) is 39.5 Å². The van der Waals surface area contributed by atoms with Crippen molar-refractivity contribution in [1.82, 2.24) is 5.32 Å². The van der Waals surface area contributed by atoms with Gasteiger partial charge in [0.2, 0.25) is 5.91 Å². The lowest BCUT2D eigenvalue weighted by molar-refractivity contribution is -0.115. The predicted octanol–water partition coefficient (Wildman–Crippen LogP) is 3.19. The maximum absolute atomic E-state index is 12.0. The molecule has 1 fully saturated rings. The molecule has 4 nitrogen and oxygen atoms in total. The highest BCUT2D eigenvalue weighted by atomic mass is 16.5. The normalized spacial score (nSPS) is 15.4. The molecule has 1 aromatic carbocycles. The van der Waals surface area contributed by atoms with Gasteiger partial charge in [-0.2, -0.15) is 0 Å². The molecule has 116 valence electrons. The highest BCUT2D eigenvalue weighted by molar-refractivity contribution is 5.93. The summed E-state index contributed by atoms with van der Waals surface area (Å²) in [4.78, 5) is 12.0. The Morgan fingerprint density at radius 2 is 2.00 bits per heavy atom. The van der Waals surface area contributed by atoms with Gasteiger partial charge in [-0.1, -0.05) is 38.8 Å². The number of benzene rings is 1. The molecule has 1 aliphatic rings. The van der Waals surface area contributed by atoms with Crippen LogP contribution in [0.25, 0.3) is 0 Å². The monoisotopic (exact) mass is 290 g/mol. The number of anilines is 1. The molecule has 0 bridgehead atoms. The van der Waals surface area contributed by atoms with Crippen molar-refractivity contribution in [3.8, 4) is 5.75 Å². The van der Waals surface area contributed by atoms with Crippen LogP contribution in [0.3, 0.4) is 0 Å². The van der Waals surface area contributed by atoms with Crippen molar-refractivity contribution in [1.29, 1.82) is 0 Å². The second kappa shape index (κ2) is 8.03. The van der Waals surface area contributed by atoms with E-state index in [1.54, 1.807) is 0 Å². The number of ether oxygens (including phenoxy) is 1. The Morgan fingerprint density at radius 3 is 2.71 bits per heavy atom. The third-order valence-electron chi connectivity index (χ3n) is 3.64. The fraction of sp³-hybridized carbons (Fsp3) is 0.588. The Bertz CT molecular complexity index is 454. The van der Waals surface area contributed by atoms with Crippen LogP contribution in [0.4, 0.5) is 5.69 Å². The number of carbonyl (C=O) groups excluding carboxylic acids is 1. The molecule has 1 aliphatic carbocycles. The van der Waals surface area contributed by atoms with Crippen LogP contribution < -0.4 is 15.4 Å². The molecule has 0 radical (unpaired) electrons. The molecule has 0 saturated heterocycles. The fourth-order valence-corrected chi connectivity index (χ4v) is 2.51. The van der Waals surface area contributed by atoms with Gasteiger partial charge < -0.3 is 15.4 Å². The summed E-state index contributed by atoms with van der Waals surface area (Å²) in [6.45, 7) is 5.22. The zero-order chi connectivity index (χ0) is 15.1. The van der Waals surface area contributed by atoms with Crippen LogP contribution in [0.15, 0.2) is 24.3 Å². The number of rotatable bonds is 7. The summed E-state index contributed by atoms with van der Waals surface area (Å²) in [6.07, 6.45) is 4.90. The number of para-hydroxylation sites is 2. The summed E-state index contributed by atoms with van der Waals surface area (Å²) < 4.78 is 5.74. The molecule has 0 unspecified atom stereocenters. The van der Waals surface area contributed by atoms with E-state index in [1.165, 1.54) is 25.7 Å². The van der Waals surface area contributed by atoms with E-state index in [9.17, 15) is 4.79 Å². The third kappa shape index (κ3) is 5.38. The second-order valence-electron chi connectivity index (χ2n) is 6.11. The Morgan fingerprint density at radius 1 is 1.29 bits per heavy atom. The van der Waals surface area contributed by atoms with Crippen molar-refractivity contribution in [2.24, 2.45) is 5.92 Å². The number of nitrogens with one attached hydrogen (secondary N) is 2. The average Bonchev–Trinajstić information content (AvgIpc) is 2.97. The Balaban J connectivity index is 1.84. The topological polar surface area (TPSA) is 50.4 Å². The molecule has 1 aromatic rings. The lowest BCUT2D eigenvalue weighted by atomic mass is 10.2. The number of amides is 1. The summed E-state index contributed by atoms with van der Waals surface area (Å²) in [5, 5.41) is 6.25. The zero-order valence-electron chi connectivity index (χ0n) is 13.0. The first-order valence-electron chi connectivity index (χ1n) is 7.90. The quantitative estimate of drug-likeness (QED) is 0.811. The molecule has 0 heterocycles. The summed E-state index contributed by atoms with van der Waals surface area (Å²) in [7, 11) is 0. The predicted molar refractivity (Wildman–Crippen MR) is 85.7 cm³/mol. The van der Waals surface area contributed by atoms with E-state index in [0.29, 0.717) is 25.1 Å². The largest absolute Gasteiger partial charge is 0.491 e. The highest BCUT2D eigenvalue weighted by Crippen LogP contribution is 2.24. The molecule has 1 amide bonds. The Kier molecular flexibility index (Phi) is 6.05. The fourth-order valence-electron chi connectivity index (χ4n) is 2.51. The first-order valence-corrected chi connectivity index (χ1v) is 7.90. The standard InChI is InChI=1S/C17H26N2O2/c1-13(2)12-21-16-10-6-5-9-15(16)19-17(20)11-18-14-7-3-4-8-14/h5-6,9-10,13-14,18H,3-4,7-8,11-12H2,1-2H3,(H,19,20). The maximum Gasteiger partial charge on any atom is 0.238 e. The minimum absolute atomic E-state index is 0.0116.